The molecule has 0 aliphatic heterocycles. The Balaban J connectivity index is 2.44. The number of allylic oxidation sites excluding steroid dienone is 2. The second-order valence-electron chi connectivity index (χ2n) is 4.04. The van der Waals surface area contributed by atoms with E-state index in [1.54, 1.807) is 6.08 Å². The van der Waals surface area contributed by atoms with Gasteiger partial charge in [0.2, 0.25) is 0 Å². The molecule has 2 unspecified atom stereocenters. The van der Waals surface area contributed by atoms with E-state index in [-0.39, 0.29) is 11.2 Å². The third kappa shape index (κ3) is 1.08. The number of carbonyl (C=O) groups is 1. The van der Waals surface area contributed by atoms with Crippen LogP contribution in [-0.2, 0) is 4.79 Å². The van der Waals surface area contributed by atoms with Crippen molar-refractivity contribution in [2.24, 2.45) is 11.3 Å². The quantitative estimate of drug-likeness (QED) is 0.540. The van der Waals surface area contributed by atoms with Gasteiger partial charge in [0.15, 0.2) is 5.78 Å². The SMILES string of the molecule is C#CC12CCCC1=CC(=O)C(C#N)C2. The molecule has 1 saturated carbocycles. The summed E-state index contributed by atoms with van der Waals surface area (Å²) < 4.78 is 0. The molecule has 2 heteroatoms. The van der Waals surface area contributed by atoms with Crippen molar-refractivity contribution in [1.29, 1.82) is 5.26 Å². The van der Waals surface area contributed by atoms with E-state index >= 15 is 0 Å². The maximum Gasteiger partial charge on any atom is 0.172 e. The minimum atomic E-state index is -0.520. The maximum absolute atomic E-state index is 11.5. The molecule has 0 N–H and O–H groups in total. The van der Waals surface area contributed by atoms with Crippen molar-refractivity contribution in [2.75, 3.05) is 0 Å². The van der Waals surface area contributed by atoms with Crippen molar-refractivity contribution < 1.29 is 4.79 Å². The van der Waals surface area contributed by atoms with Crippen molar-refractivity contribution >= 4 is 5.78 Å². The molecule has 0 aromatic rings. The summed E-state index contributed by atoms with van der Waals surface area (Å²) in [4.78, 5) is 11.5. The highest BCUT2D eigenvalue weighted by Crippen LogP contribution is 2.49. The fraction of sp³-hybridized carbons (Fsp3) is 0.500. The van der Waals surface area contributed by atoms with Crippen molar-refractivity contribution in [1.82, 2.24) is 0 Å². The lowest BCUT2D eigenvalue weighted by Crippen LogP contribution is -2.29. The highest BCUT2D eigenvalue weighted by atomic mass is 16.1. The zero-order valence-corrected chi connectivity index (χ0v) is 7.92. The molecule has 0 aromatic carbocycles. The number of terminal acetylenes is 1. The zero-order valence-electron chi connectivity index (χ0n) is 7.92. The number of carbonyl (C=O) groups excluding carboxylic acids is 1. The molecule has 1 fully saturated rings. The van der Waals surface area contributed by atoms with Crippen LogP contribution in [0.4, 0.5) is 0 Å². The van der Waals surface area contributed by atoms with Gasteiger partial charge in [0.1, 0.15) is 5.92 Å². The highest BCUT2D eigenvalue weighted by Gasteiger charge is 2.43. The van der Waals surface area contributed by atoms with Crippen molar-refractivity contribution in [3.63, 3.8) is 0 Å². The van der Waals surface area contributed by atoms with E-state index < -0.39 is 5.92 Å². The predicted octanol–water partition coefficient (Wildman–Crippen LogP) is 1.83. The van der Waals surface area contributed by atoms with Gasteiger partial charge >= 0.3 is 0 Å². The van der Waals surface area contributed by atoms with Gasteiger partial charge in [0, 0.05) is 0 Å². The van der Waals surface area contributed by atoms with Gasteiger partial charge < -0.3 is 0 Å². The summed E-state index contributed by atoms with van der Waals surface area (Å²) in [5, 5.41) is 8.82. The van der Waals surface area contributed by atoms with E-state index in [2.05, 4.69) is 5.92 Å². The molecule has 0 spiro atoms. The molecule has 0 saturated heterocycles. The standard InChI is InChI=1S/C12H11NO/c1-2-12-5-3-4-10(12)6-11(14)9(7-12)8-13/h1,6,9H,3-5,7H2. The molecule has 2 nitrogen and oxygen atoms in total. The molecule has 0 heterocycles. The number of rotatable bonds is 0. The summed E-state index contributed by atoms with van der Waals surface area (Å²) in [6, 6.07) is 2.04. The van der Waals surface area contributed by atoms with Gasteiger partial charge in [-0.3, -0.25) is 4.79 Å². The first-order chi connectivity index (χ1) is 6.72. The van der Waals surface area contributed by atoms with E-state index in [0.717, 1.165) is 24.8 Å². The van der Waals surface area contributed by atoms with Crippen LogP contribution in [-0.4, -0.2) is 5.78 Å². The van der Waals surface area contributed by atoms with Crippen LogP contribution in [0.3, 0.4) is 0 Å². The van der Waals surface area contributed by atoms with Gasteiger partial charge in [-0.1, -0.05) is 5.92 Å². The number of nitrogens with zero attached hydrogens (tertiary/aromatic N) is 1. The van der Waals surface area contributed by atoms with E-state index in [4.69, 9.17) is 11.7 Å². The predicted molar refractivity (Wildman–Crippen MR) is 51.9 cm³/mol. The van der Waals surface area contributed by atoms with Crippen LogP contribution in [0.25, 0.3) is 0 Å². The highest BCUT2D eigenvalue weighted by molar-refractivity contribution is 5.95. The Morgan fingerprint density at radius 3 is 3.07 bits per heavy atom. The van der Waals surface area contributed by atoms with Crippen LogP contribution in [0, 0.1) is 35.0 Å². The summed E-state index contributed by atoms with van der Waals surface area (Å²) in [5.74, 6) is 2.21. The average molecular weight is 185 g/mol. The molecule has 2 atom stereocenters. The smallest absolute Gasteiger partial charge is 0.172 e. The molecule has 0 bridgehead atoms. The van der Waals surface area contributed by atoms with E-state index in [0.29, 0.717) is 6.42 Å². The van der Waals surface area contributed by atoms with Crippen LogP contribution in [0.15, 0.2) is 11.6 Å². The minimum absolute atomic E-state index is 0.0599. The Bertz CT molecular complexity index is 394. The molecule has 0 amide bonds. The molecule has 2 aliphatic carbocycles. The maximum atomic E-state index is 11.5. The summed E-state index contributed by atoms with van der Waals surface area (Å²) in [5.41, 5.74) is 0.811. The molecule has 70 valence electrons. The molecule has 2 rings (SSSR count). The Kier molecular flexibility index (Phi) is 1.93. The molecule has 14 heavy (non-hydrogen) atoms. The first kappa shape index (κ1) is 9.03. The van der Waals surface area contributed by atoms with Crippen LogP contribution < -0.4 is 0 Å². The van der Waals surface area contributed by atoms with Gasteiger partial charge in [-0.15, -0.1) is 6.42 Å². The number of hydrogen-bond donors (Lipinski definition) is 0. The Labute approximate surface area is 83.6 Å². The van der Waals surface area contributed by atoms with Crippen molar-refractivity contribution in [3.8, 4) is 18.4 Å². The molecular formula is C12H11NO. The lowest BCUT2D eigenvalue weighted by atomic mass is 9.70. The second-order valence-corrected chi connectivity index (χ2v) is 4.04. The number of ketones is 1. The Morgan fingerprint density at radius 2 is 2.43 bits per heavy atom. The van der Waals surface area contributed by atoms with Crippen LogP contribution in [0.1, 0.15) is 25.7 Å². The third-order valence-electron chi connectivity index (χ3n) is 3.31. The van der Waals surface area contributed by atoms with Crippen molar-refractivity contribution in [3.05, 3.63) is 11.6 Å². The lowest BCUT2D eigenvalue weighted by molar-refractivity contribution is -0.117. The molecule has 0 radical (unpaired) electrons. The normalized spacial score (nSPS) is 35.4. The minimum Gasteiger partial charge on any atom is -0.293 e. The van der Waals surface area contributed by atoms with Crippen LogP contribution in [0.5, 0.6) is 0 Å². The average Bonchev–Trinajstić information content (AvgIpc) is 2.60. The number of fused-ring (bicyclic) bond motifs is 1. The van der Waals surface area contributed by atoms with Gasteiger partial charge in [-0.25, -0.2) is 0 Å². The van der Waals surface area contributed by atoms with E-state index in [9.17, 15) is 4.79 Å². The largest absolute Gasteiger partial charge is 0.293 e. The Morgan fingerprint density at radius 1 is 1.64 bits per heavy atom. The van der Waals surface area contributed by atoms with Gasteiger partial charge in [-0.2, -0.15) is 5.26 Å². The lowest BCUT2D eigenvalue weighted by Gasteiger charge is -2.30. The fourth-order valence-electron chi connectivity index (χ4n) is 2.48. The first-order valence-corrected chi connectivity index (χ1v) is 4.84. The third-order valence-corrected chi connectivity index (χ3v) is 3.31. The fourth-order valence-corrected chi connectivity index (χ4v) is 2.48. The molecular weight excluding hydrogens is 174 g/mol. The topological polar surface area (TPSA) is 40.9 Å². The first-order valence-electron chi connectivity index (χ1n) is 4.84. The molecule has 0 aromatic heterocycles. The van der Waals surface area contributed by atoms with Gasteiger partial charge in [0.25, 0.3) is 0 Å². The monoisotopic (exact) mass is 185 g/mol. The molecule has 2 aliphatic rings. The Hall–Kier alpha value is -1.54. The summed E-state index contributed by atoms with van der Waals surface area (Å²) in [6.07, 6.45) is 10.6. The zero-order chi connectivity index (χ0) is 10.2. The summed E-state index contributed by atoms with van der Waals surface area (Å²) >= 11 is 0. The second kappa shape index (κ2) is 3.00. The van der Waals surface area contributed by atoms with E-state index in [1.807, 2.05) is 6.07 Å². The van der Waals surface area contributed by atoms with Gasteiger partial charge in [0.05, 0.1) is 11.5 Å². The van der Waals surface area contributed by atoms with E-state index in [1.165, 1.54) is 0 Å². The van der Waals surface area contributed by atoms with Gasteiger partial charge in [-0.05, 0) is 37.3 Å². The summed E-state index contributed by atoms with van der Waals surface area (Å²) in [6.45, 7) is 0. The number of nitriles is 1. The van der Waals surface area contributed by atoms with Crippen molar-refractivity contribution in [2.45, 2.75) is 25.7 Å². The van der Waals surface area contributed by atoms with Crippen LogP contribution in [0.2, 0.25) is 0 Å². The van der Waals surface area contributed by atoms with Crippen LogP contribution >= 0.6 is 0 Å². The number of hydrogen-bond acceptors (Lipinski definition) is 2. The summed E-state index contributed by atoms with van der Waals surface area (Å²) in [7, 11) is 0.